The number of benzene rings is 1. The molecule has 7 heteroatoms. The Hall–Kier alpha value is -3.58. The first kappa shape index (κ1) is 17.3. The molecular formula is C23H21N7. The van der Waals surface area contributed by atoms with Crippen molar-refractivity contribution in [2.45, 2.75) is 18.8 Å². The summed E-state index contributed by atoms with van der Waals surface area (Å²) in [5, 5.41) is 12.3. The highest BCUT2D eigenvalue weighted by Crippen LogP contribution is 2.33. The van der Waals surface area contributed by atoms with Crippen molar-refractivity contribution in [1.29, 1.82) is 0 Å². The maximum Gasteiger partial charge on any atom is 0.160 e. The van der Waals surface area contributed by atoms with Gasteiger partial charge in [0.1, 0.15) is 11.2 Å². The Morgan fingerprint density at radius 1 is 0.933 bits per heavy atom. The van der Waals surface area contributed by atoms with Gasteiger partial charge >= 0.3 is 0 Å². The second-order valence-electron chi connectivity index (χ2n) is 7.78. The second kappa shape index (κ2) is 7.03. The zero-order valence-corrected chi connectivity index (χ0v) is 16.4. The summed E-state index contributed by atoms with van der Waals surface area (Å²) >= 11 is 0. The van der Waals surface area contributed by atoms with Crippen molar-refractivity contribution < 1.29 is 0 Å². The second-order valence-corrected chi connectivity index (χ2v) is 7.78. The van der Waals surface area contributed by atoms with Crippen LogP contribution in [0.5, 0.6) is 0 Å². The normalized spacial score (nSPS) is 15.2. The lowest BCUT2D eigenvalue weighted by atomic mass is 9.89. The molecule has 1 saturated heterocycles. The number of piperidine rings is 1. The summed E-state index contributed by atoms with van der Waals surface area (Å²) in [6.45, 7) is 2.15. The van der Waals surface area contributed by atoms with Gasteiger partial charge in [-0.2, -0.15) is 5.10 Å². The van der Waals surface area contributed by atoms with Crippen molar-refractivity contribution in [1.82, 2.24) is 35.5 Å². The van der Waals surface area contributed by atoms with Crippen LogP contribution in [0.3, 0.4) is 0 Å². The largest absolute Gasteiger partial charge is 0.321 e. The number of nitrogens with one attached hydrogen (secondary N) is 3. The number of fused-ring (bicyclic) bond motifs is 2. The number of nitrogens with zero attached hydrogens (tertiary/aromatic N) is 4. The fourth-order valence-electron chi connectivity index (χ4n) is 4.41. The Bertz CT molecular complexity index is 1330. The van der Waals surface area contributed by atoms with Crippen molar-refractivity contribution in [3.8, 4) is 22.6 Å². The lowest BCUT2D eigenvalue weighted by molar-refractivity contribution is 0.460. The molecule has 0 radical (unpaired) electrons. The summed E-state index contributed by atoms with van der Waals surface area (Å²) < 4.78 is 0. The number of aromatic nitrogens is 6. The van der Waals surface area contributed by atoms with Gasteiger partial charge in [-0.05, 0) is 73.3 Å². The molecule has 5 heterocycles. The lowest BCUT2D eigenvalue weighted by Crippen LogP contribution is -2.26. The van der Waals surface area contributed by atoms with Crippen molar-refractivity contribution in [3.05, 3.63) is 60.6 Å². The smallest absolute Gasteiger partial charge is 0.160 e. The summed E-state index contributed by atoms with van der Waals surface area (Å²) in [7, 11) is 0. The maximum absolute atomic E-state index is 4.89. The molecule has 3 N–H and O–H groups in total. The third-order valence-electron chi connectivity index (χ3n) is 6.00. The van der Waals surface area contributed by atoms with E-state index in [0.717, 1.165) is 57.8 Å². The molecular weight excluding hydrogens is 374 g/mol. The van der Waals surface area contributed by atoms with Gasteiger partial charge in [-0.3, -0.25) is 10.1 Å². The Kier molecular flexibility index (Phi) is 4.06. The minimum atomic E-state index is 0.592. The number of hydrogen-bond donors (Lipinski definition) is 3. The van der Waals surface area contributed by atoms with Gasteiger partial charge in [-0.1, -0.05) is 6.07 Å². The molecule has 4 aromatic heterocycles. The Balaban J connectivity index is 1.47. The fraction of sp³-hybridized carbons (Fsp3) is 0.217. The SMILES string of the molecule is c1cc(-c2ccnc3[nH]c(-c4n[nH]c5ccc(C6CCNCC6)cc45)nc23)ccn1. The quantitative estimate of drug-likeness (QED) is 0.429. The molecule has 0 amide bonds. The van der Waals surface area contributed by atoms with E-state index in [2.05, 4.69) is 48.7 Å². The topological polar surface area (TPSA) is 95.2 Å². The summed E-state index contributed by atoms with van der Waals surface area (Å²) in [6, 6.07) is 12.6. The van der Waals surface area contributed by atoms with E-state index in [1.165, 1.54) is 18.4 Å². The Labute approximate surface area is 173 Å². The van der Waals surface area contributed by atoms with Gasteiger partial charge < -0.3 is 10.3 Å². The zero-order chi connectivity index (χ0) is 19.9. The van der Waals surface area contributed by atoms with Crippen LogP contribution in [0.25, 0.3) is 44.7 Å². The average Bonchev–Trinajstić information content (AvgIpc) is 3.43. The van der Waals surface area contributed by atoms with E-state index in [1.54, 1.807) is 18.6 Å². The van der Waals surface area contributed by atoms with Crippen molar-refractivity contribution in [2.75, 3.05) is 13.1 Å². The first-order valence-electron chi connectivity index (χ1n) is 10.3. The average molecular weight is 395 g/mol. The van der Waals surface area contributed by atoms with E-state index in [9.17, 15) is 0 Å². The molecule has 148 valence electrons. The zero-order valence-electron chi connectivity index (χ0n) is 16.4. The van der Waals surface area contributed by atoms with E-state index in [0.29, 0.717) is 5.92 Å². The molecule has 0 unspecified atom stereocenters. The summed E-state index contributed by atoms with van der Waals surface area (Å²) in [5.41, 5.74) is 6.91. The maximum atomic E-state index is 4.89. The Morgan fingerprint density at radius 2 is 1.80 bits per heavy atom. The van der Waals surface area contributed by atoms with Gasteiger partial charge in [0.05, 0.1) is 5.52 Å². The Morgan fingerprint density at radius 3 is 2.67 bits per heavy atom. The third-order valence-corrected chi connectivity index (χ3v) is 6.00. The van der Waals surface area contributed by atoms with Crippen LogP contribution in [0, 0.1) is 0 Å². The van der Waals surface area contributed by atoms with Crippen molar-refractivity contribution >= 4 is 22.1 Å². The van der Waals surface area contributed by atoms with E-state index >= 15 is 0 Å². The van der Waals surface area contributed by atoms with E-state index in [4.69, 9.17) is 4.98 Å². The molecule has 30 heavy (non-hydrogen) atoms. The molecule has 6 rings (SSSR count). The predicted molar refractivity (Wildman–Crippen MR) is 117 cm³/mol. The minimum Gasteiger partial charge on any atom is -0.321 e. The van der Waals surface area contributed by atoms with E-state index in [-0.39, 0.29) is 0 Å². The molecule has 1 aromatic carbocycles. The van der Waals surface area contributed by atoms with Gasteiger partial charge in [-0.15, -0.1) is 0 Å². The van der Waals surface area contributed by atoms with Gasteiger partial charge in [0.25, 0.3) is 0 Å². The molecule has 1 fully saturated rings. The van der Waals surface area contributed by atoms with Crippen LogP contribution in [0.1, 0.15) is 24.3 Å². The molecule has 1 aliphatic heterocycles. The molecule has 1 aliphatic rings. The van der Waals surface area contributed by atoms with Crippen LogP contribution < -0.4 is 5.32 Å². The first-order chi connectivity index (χ1) is 14.9. The summed E-state index contributed by atoms with van der Waals surface area (Å²) in [5.74, 6) is 1.32. The third kappa shape index (κ3) is 2.86. The standard InChI is InChI=1S/C23H21N7/c1-2-19-18(13-16(1)14-3-8-24-9-4-14)21(30-29-19)23-27-20-17(7-12-26-22(20)28-23)15-5-10-25-11-6-15/h1-2,5-7,10-14,24H,3-4,8-9H2,(H,29,30)(H,26,27,28). The van der Waals surface area contributed by atoms with Crippen LogP contribution in [0.15, 0.2) is 55.0 Å². The van der Waals surface area contributed by atoms with Gasteiger partial charge in [-0.25, -0.2) is 9.97 Å². The number of rotatable bonds is 3. The van der Waals surface area contributed by atoms with Gasteiger partial charge in [0.2, 0.25) is 0 Å². The first-order valence-corrected chi connectivity index (χ1v) is 10.3. The van der Waals surface area contributed by atoms with Crippen LogP contribution in [0.2, 0.25) is 0 Å². The summed E-state index contributed by atoms with van der Waals surface area (Å²) in [4.78, 5) is 16.9. The summed E-state index contributed by atoms with van der Waals surface area (Å²) in [6.07, 6.45) is 7.72. The monoisotopic (exact) mass is 395 g/mol. The molecule has 0 atom stereocenters. The van der Waals surface area contributed by atoms with Crippen LogP contribution in [-0.2, 0) is 0 Å². The van der Waals surface area contributed by atoms with Gasteiger partial charge in [0.15, 0.2) is 11.5 Å². The highest BCUT2D eigenvalue weighted by Gasteiger charge is 2.19. The number of imidazole rings is 1. The molecule has 0 bridgehead atoms. The fourth-order valence-corrected chi connectivity index (χ4v) is 4.41. The molecule has 7 nitrogen and oxygen atoms in total. The lowest BCUT2D eigenvalue weighted by Gasteiger charge is -2.23. The predicted octanol–water partition coefficient (Wildman–Crippen LogP) is 4.03. The molecule has 0 aliphatic carbocycles. The van der Waals surface area contributed by atoms with Crippen LogP contribution in [0.4, 0.5) is 0 Å². The molecule has 5 aromatic rings. The van der Waals surface area contributed by atoms with Crippen molar-refractivity contribution in [2.24, 2.45) is 0 Å². The van der Waals surface area contributed by atoms with E-state index < -0.39 is 0 Å². The van der Waals surface area contributed by atoms with Gasteiger partial charge in [0, 0.05) is 29.5 Å². The number of pyridine rings is 2. The molecule has 0 spiro atoms. The van der Waals surface area contributed by atoms with Crippen LogP contribution >= 0.6 is 0 Å². The van der Waals surface area contributed by atoms with Crippen molar-refractivity contribution in [3.63, 3.8) is 0 Å². The number of H-pyrrole nitrogens is 2. The number of aromatic amines is 2. The molecule has 0 saturated carbocycles. The highest BCUT2D eigenvalue weighted by molar-refractivity contribution is 5.96. The number of hydrogen-bond acceptors (Lipinski definition) is 5. The van der Waals surface area contributed by atoms with Crippen LogP contribution in [-0.4, -0.2) is 43.2 Å². The highest BCUT2D eigenvalue weighted by atomic mass is 15.1. The minimum absolute atomic E-state index is 0.592. The van der Waals surface area contributed by atoms with E-state index in [1.807, 2.05) is 18.2 Å².